The summed E-state index contributed by atoms with van der Waals surface area (Å²) >= 11 is 0. The predicted octanol–water partition coefficient (Wildman–Crippen LogP) is 2.16. The summed E-state index contributed by atoms with van der Waals surface area (Å²) in [4.78, 5) is 12.7. The van der Waals surface area contributed by atoms with Crippen LogP contribution in [0.4, 0.5) is 0 Å². The molecule has 0 aromatic carbocycles. The van der Waals surface area contributed by atoms with Crippen LogP contribution in [-0.2, 0) is 20.6 Å². The molecule has 0 radical (unpaired) electrons. The minimum absolute atomic E-state index is 0.152. The van der Waals surface area contributed by atoms with E-state index in [1.807, 2.05) is 33.9 Å². The normalized spacial score (nSPS) is 15.6. The molecule has 2 rings (SSSR count). The van der Waals surface area contributed by atoms with Crippen molar-refractivity contribution in [3.8, 4) is 0 Å². The van der Waals surface area contributed by atoms with Gasteiger partial charge in [0.1, 0.15) is 0 Å². The van der Waals surface area contributed by atoms with Crippen molar-refractivity contribution in [2.75, 3.05) is 6.61 Å². The highest BCUT2D eigenvalue weighted by molar-refractivity contribution is 5.78. The lowest BCUT2D eigenvalue weighted by Gasteiger charge is -2.37. The molecule has 0 spiro atoms. The molecule has 2 aromatic rings. The number of hydrogen-bond acceptors (Lipinski definition) is 5. The highest BCUT2D eigenvalue weighted by Gasteiger charge is 2.44. The van der Waals surface area contributed by atoms with E-state index in [1.165, 1.54) is 0 Å². The Morgan fingerprint density at radius 1 is 1.16 bits per heavy atom. The van der Waals surface area contributed by atoms with Crippen molar-refractivity contribution in [1.29, 1.82) is 0 Å². The Labute approximate surface area is 148 Å². The van der Waals surface area contributed by atoms with Crippen molar-refractivity contribution in [3.63, 3.8) is 0 Å². The second-order valence-electron chi connectivity index (χ2n) is 7.29. The number of aliphatic hydroxyl groups excluding tert-OH is 1. The molecular weight excluding hydrogens is 320 g/mol. The highest BCUT2D eigenvalue weighted by Crippen LogP contribution is 2.31. The minimum atomic E-state index is -1.11. The minimum Gasteiger partial charge on any atom is -0.464 e. The van der Waals surface area contributed by atoms with E-state index in [0.717, 1.165) is 11.1 Å². The summed E-state index contributed by atoms with van der Waals surface area (Å²) in [6.45, 7) is 11.4. The maximum atomic E-state index is 12.7. The number of ether oxygens (including phenoxy) is 1. The molecule has 1 N–H and O–H groups in total. The van der Waals surface area contributed by atoms with Crippen molar-refractivity contribution in [1.82, 2.24) is 19.6 Å². The molecule has 0 saturated carbocycles. The number of aryl methyl sites for hydroxylation is 2. The first-order valence-electron chi connectivity index (χ1n) is 8.50. The topological polar surface area (TPSA) is 82.2 Å². The Balaban J connectivity index is 2.34. The van der Waals surface area contributed by atoms with Crippen LogP contribution >= 0.6 is 0 Å². The molecule has 2 unspecified atom stereocenters. The van der Waals surface area contributed by atoms with E-state index in [0.29, 0.717) is 0 Å². The average Bonchev–Trinajstić information content (AvgIpc) is 3.16. The first-order chi connectivity index (χ1) is 11.6. The zero-order valence-corrected chi connectivity index (χ0v) is 15.9. The molecule has 7 nitrogen and oxygen atoms in total. The van der Waals surface area contributed by atoms with E-state index in [2.05, 4.69) is 10.2 Å². The zero-order chi connectivity index (χ0) is 18.8. The van der Waals surface area contributed by atoms with E-state index in [-0.39, 0.29) is 13.0 Å². The van der Waals surface area contributed by atoms with E-state index in [1.54, 1.807) is 41.8 Å². The third-order valence-electron chi connectivity index (χ3n) is 4.64. The molecule has 25 heavy (non-hydrogen) atoms. The van der Waals surface area contributed by atoms with Crippen LogP contribution in [0.5, 0.6) is 0 Å². The zero-order valence-electron chi connectivity index (χ0n) is 15.9. The SMILES string of the molecule is CCOC(=O)C(C)(CC(O)C(C)(C)n1cc(C)cn1)n1cc(C)cn1. The van der Waals surface area contributed by atoms with Crippen LogP contribution in [-0.4, -0.2) is 43.3 Å². The molecule has 0 amide bonds. The van der Waals surface area contributed by atoms with Gasteiger partial charge >= 0.3 is 5.97 Å². The summed E-state index contributed by atoms with van der Waals surface area (Å²) in [5.41, 5.74) is 0.149. The van der Waals surface area contributed by atoms with E-state index < -0.39 is 23.2 Å². The van der Waals surface area contributed by atoms with E-state index in [9.17, 15) is 9.90 Å². The number of carbonyl (C=O) groups is 1. The van der Waals surface area contributed by atoms with E-state index >= 15 is 0 Å². The first kappa shape index (κ1) is 19.2. The van der Waals surface area contributed by atoms with Crippen LogP contribution in [0.25, 0.3) is 0 Å². The molecule has 0 aliphatic carbocycles. The predicted molar refractivity (Wildman–Crippen MR) is 94.2 cm³/mol. The molecule has 0 bridgehead atoms. The largest absolute Gasteiger partial charge is 0.464 e. The summed E-state index contributed by atoms with van der Waals surface area (Å²) in [5.74, 6) is -0.412. The van der Waals surface area contributed by atoms with Crippen molar-refractivity contribution < 1.29 is 14.6 Å². The summed E-state index contributed by atoms with van der Waals surface area (Å²) in [5, 5.41) is 19.6. The summed E-state index contributed by atoms with van der Waals surface area (Å²) in [6.07, 6.45) is 6.41. The van der Waals surface area contributed by atoms with Gasteiger partial charge in [-0.1, -0.05) is 0 Å². The summed E-state index contributed by atoms with van der Waals surface area (Å²) < 4.78 is 8.57. The molecule has 0 fully saturated rings. The number of carbonyl (C=O) groups excluding carboxylic acids is 1. The molecular formula is C18H28N4O3. The maximum Gasteiger partial charge on any atom is 0.333 e. The second-order valence-corrected chi connectivity index (χ2v) is 7.29. The third kappa shape index (κ3) is 3.76. The van der Waals surface area contributed by atoms with Crippen LogP contribution in [0.15, 0.2) is 24.8 Å². The smallest absolute Gasteiger partial charge is 0.333 e. The fraction of sp³-hybridized carbons (Fsp3) is 0.611. The van der Waals surface area contributed by atoms with Crippen molar-refractivity contribution in [3.05, 3.63) is 35.9 Å². The van der Waals surface area contributed by atoms with Crippen LogP contribution in [0, 0.1) is 13.8 Å². The fourth-order valence-corrected chi connectivity index (χ4v) is 2.75. The Morgan fingerprint density at radius 3 is 2.12 bits per heavy atom. The number of aromatic nitrogens is 4. The standard InChI is InChI=1S/C18H28N4O3/c1-7-25-16(24)18(6,22-12-14(3)10-20-22)8-15(23)17(4,5)21-11-13(2)9-19-21/h9-12,15,23H,7-8H2,1-6H3. The van der Waals surface area contributed by atoms with Gasteiger partial charge in [-0.25, -0.2) is 4.79 Å². The molecule has 0 aliphatic rings. The number of rotatable bonds is 7. The Bertz CT molecular complexity index is 734. The van der Waals surface area contributed by atoms with Gasteiger partial charge in [-0.2, -0.15) is 10.2 Å². The lowest BCUT2D eigenvalue weighted by molar-refractivity contribution is -0.156. The monoisotopic (exact) mass is 348 g/mol. The van der Waals surface area contributed by atoms with Gasteiger partial charge in [0.15, 0.2) is 5.54 Å². The average molecular weight is 348 g/mol. The summed E-state index contributed by atoms with van der Waals surface area (Å²) in [7, 11) is 0. The molecule has 0 aliphatic heterocycles. The fourth-order valence-electron chi connectivity index (χ4n) is 2.75. The first-order valence-corrected chi connectivity index (χ1v) is 8.50. The van der Waals surface area contributed by atoms with Crippen LogP contribution in [0.2, 0.25) is 0 Å². The molecule has 2 heterocycles. The molecule has 2 aromatic heterocycles. The van der Waals surface area contributed by atoms with Gasteiger partial charge in [-0.15, -0.1) is 0 Å². The van der Waals surface area contributed by atoms with Crippen LogP contribution in [0.1, 0.15) is 45.2 Å². The van der Waals surface area contributed by atoms with Gasteiger partial charge in [0, 0.05) is 18.8 Å². The van der Waals surface area contributed by atoms with Gasteiger partial charge in [0.05, 0.1) is 30.6 Å². The summed E-state index contributed by atoms with van der Waals surface area (Å²) in [6, 6.07) is 0. The van der Waals surface area contributed by atoms with Crippen molar-refractivity contribution in [2.45, 2.75) is 65.1 Å². The van der Waals surface area contributed by atoms with Gasteiger partial charge in [0.2, 0.25) is 0 Å². The third-order valence-corrected chi connectivity index (χ3v) is 4.64. The Morgan fingerprint density at radius 2 is 1.68 bits per heavy atom. The molecule has 2 atom stereocenters. The molecule has 138 valence electrons. The van der Waals surface area contributed by atoms with Crippen molar-refractivity contribution >= 4 is 5.97 Å². The van der Waals surface area contributed by atoms with Gasteiger partial charge < -0.3 is 9.84 Å². The lowest BCUT2D eigenvalue weighted by atomic mass is 9.85. The maximum absolute atomic E-state index is 12.7. The number of nitrogens with zero attached hydrogens (tertiary/aromatic N) is 4. The van der Waals surface area contributed by atoms with E-state index in [4.69, 9.17) is 4.74 Å². The second kappa shape index (κ2) is 7.00. The van der Waals surface area contributed by atoms with Gasteiger partial charge in [0.25, 0.3) is 0 Å². The van der Waals surface area contributed by atoms with Crippen molar-refractivity contribution in [2.24, 2.45) is 0 Å². The molecule has 0 saturated heterocycles. The van der Waals surface area contributed by atoms with Crippen LogP contribution < -0.4 is 0 Å². The lowest BCUT2D eigenvalue weighted by Crippen LogP contribution is -2.49. The van der Waals surface area contributed by atoms with Crippen LogP contribution in [0.3, 0.4) is 0 Å². The van der Waals surface area contributed by atoms with Gasteiger partial charge in [-0.3, -0.25) is 9.36 Å². The number of aliphatic hydroxyl groups is 1. The number of hydrogen-bond donors (Lipinski definition) is 1. The molecule has 7 heteroatoms. The Hall–Kier alpha value is -2.15. The number of esters is 1. The highest BCUT2D eigenvalue weighted by atomic mass is 16.5. The Kier molecular flexibility index (Phi) is 5.37. The quantitative estimate of drug-likeness (QED) is 0.776. The van der Waals surface area contributed by atoms with Gasteiger partial charge in [-0.05, 0) is 52.7 Å².